The lowest BCUT2D eigenvalue weighted by Crippen LogP contribution is -2.05. The summed E-state index contributed by atoms with van der Waals surface area (Å²) >= 11 is 0. The Morgan fingerprint density at radius 3 is 2.67 bits per heavy atom. The number of aliphatic hydroxyl groups is 1. The molecule has 54 valence electrons. The molecule has 0 bridgehead atoms. The molecule has 0 aliphatic heterocycles. The van der Waals surface area contributed by atoms with Crippen LogP contribution >= 0.6 is 0 Å². The van der Waals surface area contributed by atoms with Crippen LogP contribution in [0, 0.1) is 10.1 Å². The third-order valence-corrected chi connectivity index (χ3v) is 0.963. The predicted octanol–water partition coefficient (Wildman–Crippen LogP) is 0.424. The van der Waals surface area contributed by atoms with Crippen molar-refractivity contribution in [1.82, 2.24) is 0 Å². The summed E-state index contributed by atoms with van der Waals surface area (Å²) in [4.78, 5) is 9.33. The summed E-state index contributed by atoms with van der Waals surface area (Å²) < 4.78 is 0. The van der Waals surface area contributed by atoms with Crippen LogP contribution in [0.2, 0.25) is 0 Å². The average molecular weight is 133 g/mol. The topological polar surface area (TPSA) is 63.4 Å². The molecule has 0 rings (SSSR count). The number of nitro groups is 1. The van der Waals surface area contributed by atoms with Gasteiger partial charge in [-0.05, 0) is 13.3 Å². The molecule has 4 nitrogen and oxygen atoms in total. The van der Waals surface area contributed by atoms with Gasteiger partial charge < -0.3 is 5.11 Å². The molecular weight excluding hydrogens is 122 g/mol. The fraction of sp³-hybridized carbons (Fsp3) is 1.00. The van der Waals surface area contributed by atoms with Crippen molar-refractivity contribution in [2.75, 3.05) is 6.54 Å². The van der Waals surface area contributed by atoms with Crippen LogP contribution in [-0.2, 0) is 0 Å². The minimum absolute atomic E-state index is 0.0368. The van der Waals surface area contributed by atoms with E-state index in [-0.39, 0.29) is 11.5 Å². The minimum atomic E-state index is -0.412. The molecule has 4 heteroatoms. The zero-order valence-corrected chi connectivity index (χ0v) is 5.41. The van der Waals surface area contributed by atoms with Crippen molar-refractivity contribution in [3.05, 3.63) is 10.1 Å². The largest absolute Gasteiger partial charge is 0.393 e. The maximum absolute atomic E-state index is 9.70. The summed E-state index contributed by atoms with van der Waals surface area (Å²) in [6.07, 6.45) is 0.566. The Hall–Kier alpha value is -0.640. The van der Waals surface area contributed by atoms with Crippen LogP contribution in [0.1, 0.15) is 19.8 Å². The van der Waals surface area contributed by atoms with Crippen molar-refractivity contribution in [2.24, 2.45) is 0 Å². The maximum atomic E-state index is 9.70. The van der Waals surface area contributed by atoms with E-state index >= 15 is 0 Å². The van der Waals surface area contributed by atoms with Crippen molar-refractivity contribution >= 4 is 0 Å². The standard InChI is InChI=1S/C5H11NO3/c1-5(7)3-2-4-6(8)9/h5,7H,2-4H2,1H3/t5-/m1/s1. The Kier molecular flexibility index (Phi) is 3.96. The third kappa shape index (κ3) is 7.36. The summed E-state index contributed by atoms with van der Waals surface area (Å²) in [6, 6.07) is 0. The molecule has 1 atom stereocenters. The first kappa shape index (κ1) is 8.36. The molecule has 0 aromatic rings. The smallest absolute Gasteiger partial charge is 0.204 e. The molecule has 0 heterocycles. The van der Waals surface area contributed by atoms with E-state index in [4.69, 9.17) is 5.11 Å². The summed E-state index contributed by atoms with van der Waals surface area (Å²) in [7, 11) is 0. The predicted molar refractivity (Wildman–Crippen MR) is 32.8 cm³/mol. The third-order valence-electron chi connectivity index (χ3n) is 0.963. The molecule has 1 N–H and O–H groups in total. The number of hydrogen-bond acceptors (Lipinski definition) is 3. The van der Waals surface area contributed by atoms with E-state index < -0.39 is 6.10 Å². The molecule has 0 unspecified atom stereocenters. The Morgan fingerprint density at radius 2 is 2.33 bits per heavy atom. The highest BCUT2D eigenvalue weighted by molar-refractivity contribution is 4.44. The van der Waals surface area contributed by atoms with Gasteiger partial charge in [0.2, 0.25) is 6.54 Å². The van der Waals surface area contributed by atoms with Gasteiger partial charge in [-0.25, -0.2) is 0 Å². The maximum Gasteiger partial charge on any atom is 0.204 e. The lowest BCUT2D eigenvalue weighted by Gasteiger charge is -1.98. The first-order valence-electron chi connectivity index (χ1n) is 2.93. The van der Waals surface area contributed by atoms with E-state index in [0.717, 1.165) is 0 Å². The van der Waals surface area contributed by atoms with Crippen LogP contribution in [0.15, 0.2) is 0 Å². The Labute approximate surface area is 53.6 Å². The highest BCUT2D eigenvalue weighted by Crippen LogP contribution is 1.94. The van der Waals surface area contributed by atoms with Crippen LogP contribution in [0.5, 0.6) is 0 Å². The van der Waals surface area contributed by atoms with Crippen molar-refractivity contribution in [2.45, 2.75) is 25.9 Å². The molecule has 0 saturated heterocycles. The van der Waals surface area contributed by atoms with Crippen molar-refractivity contribution in [3.63, 3.8) is 0 Å². The van der Waals surface area contributed by atoms with E-state index in [2.05, 4.69) is 0 Å². The zero-order valence-electron chi connectivity index (χ0n) is 5.41. The molecule has 0 aliphatic carbocycles. The van der Waals surface area contributed by atoms with Gasteiger partial charge in [0.05, 0.1) is 6.10 Å². The van der Waals surface area contributed by atoms with Crippen molar-refractivity contribution < 1.29 is 10.0 Å². The molecule has 9 heavy (non-hydrogen) atoms. The van der Waals surface area contributed by atoms with Gasteiger partial charge in [-0.2, -0.15) is 0 Å². The molecule has 0 aliphatic rings. The second kappa shape index (κ2) is 4.26. The quantitative estimate of drug-likeness (QED) is 0.446. The Morgan fingerprint density at radius 1 is 1.78 bits per heavy atom. The second-order valence-electron chi connectivity index (χ2n) is 2.05. The SMILES string of the molecule is C[C@@H](O)CCC[N+](=O)[O-]. The molecule has 0 aromatic heterocycles. The van der Waals surface area contributed by atoms with Crippen LogP contribution in [-0.4, -0.2) is 22.7 Å². The van der Waals surface area contributed by atoms with Gasteiger partial charge in [-0.15, -0.1) is 0 Å². The Bertz CT molecular complexity index is 92.2. The van der Waals surface area contributed by atoms with Gasteiger partial charge in [0.15, 0.2) is 0 Å². The van der Waals surface area contributed by atoms with E-state index in [9.17, 15) is 10.1 Å². The van der Waals surface area contributed by atoms with E-state index in [1.54, 1.807) is 6.92 Å². The highest BCUT2D eigenvalue weighted by Gasteiger charge is 1.99. The fourth-order valence-corrected chi connectivity index (χ4v) is 0.516. The molecule has 0 aromatic carbocycles. The number of hydrogen-bond donors (Lipinski definition) is 1. The fourth-order valence-electron chi connectivity index (χ4n) is 0.516. The zero-order chi connectivity index (χ0) is 7.28. The molecule has 0 saturated carbocycles. The first-order valence-corrected chi connectivity index (χ1v) is 2.93. The molecule has 0 spiro atoms. The monoisotopic (exact) mass is 133 g/mol. The average Bonchev–Trinajstić information content (AvgIpc) is 1.63. The van der Waals surface area contributed by atoms with Crippen molar-refractivity contribution in [1.29, 1.82) is 0 Å². The van der Waals surface area contributed by atoms with E-state index in [1.807, 2.05) is 0 Å². The number of rotatable bonds is 4. The summed E-state index contributed by atoms with van der Waals surface area (Å²) in [5.74, 6) is 0. The van der Waals surface area contributed by atoms with Gasteiger partial charge in [0.1, 0.15) is 0 Å². The summed E-state index contributed by atoms with van der Waals surface area (Å²) in [5, 5.41) is 18.3. The lowest BCUT2D eigenvalue weighted by molar-refractivity contribution is -0.480. The van der Waals surface area contributed by atoms with Crippen LogP contribution < -0.4 is 0 Å². The van der Waals surface area contributed by atoms with Crippen LogP contribution in [0.4, 0.5) is 0 Å². The van der Waals surface area contributed by atoms with Gasteiger partial charge in [-0.3, -0.25) is 10.1 Å². The number of nitrogens with zero attached hydrogens (tertiary/aromatic N) is 1. The van der Waals surface area contributed by atoms with E-state index in [0.29, 0.717) is 12.8 Å². The van der Waals surface area contributed by atoms with Gasteiger partial charge >= 0.3 is 0 Å². The molecule has 0 radical (unpaired) electrons. The molecule has 0 amide bonds. The lowest BCUT2D eigenvalue weighted by atomic mass is 10.2. The van der Waals surface area contributed by atoms with Gasteiger partial charge in [-0.1, -0.05) is 0 Å². The Balaban J connectivity index is 3.01. The first-order chi connectivity index (χ1) is 4.13. The van der Waals surface area contributed by atoms with Crippen LogP contribution in [0.25, 0.3) is 0 Å². The summed E-state index contributed by atoms with van der Waals surface area (Å²) in [6.45, 7) is 1.59. The molecule has 0 fully saturated rings. The van der Waals surface area contributed by atoms with Crippen LogP contribution in [0.3, 0.4) is 0 Å². The second-order valence-corrected chi connectivity index (χ2v) is 2.05. The minimum Gasteiger partial charge on any atom is -0.393 e. The van der Waals surface area contributed by atoms with Gasteiger partial charge in [0.25, 0.3) is 0 Å². The van der Waals surface area contributed by atoms with Crippen molar-refractivity contribution in [3.8, 4) is 0 Å². The van der Waals surface area contributed by atoms with Gasteiger partial charge in [0, 0.05) is 11.3 Å². The van der Waals surface area contributed by atoms with E-state index in [1.165, 1.54) is 0 Å². The highest BCUT2D eigenvalue weighted by atomic mass is 16.6. The summed E-state index contributed by atoms with van der Waals surface area (Å²) in [5.41, 5.74) is 0. The normalized spacial score (nSPS) is 13.1. The molecular formula is C5H11NO3. The number of aliphatic hydroxyl groups excluding tert-OH is 1.